The van der Waals surface area contributed by atoms with E-state index in [1.54, 1.807) is 30.6 Å². The number of fused-ring (bicyclic) bond motifs is 1. The Morgan fingerprint density at radius 2 is 1.76 bits per heavy atom. The molecule has 0 saturated heterocycles. The highest BCUT2D eigenvalue weighted by molar-refractivity contribution is 7.17. The first-order chi connectivity index (χ1) is 9.97. The second-order valence-electron chi connectivity index (χ2n) is 4.56. The molecular formula is C15H10ClF2N2P. The predicted molar refractivity (Wildman–Crippen MR) is 83.6 cm³/mol. The number of nitrogens with zero attached hydrogens (tertiary/aromatic N) is 2. The first-order valence-electron chi connectivity index (χ1n) is 6.13. The van der Waals surface area contributed by atoms with E-state index in [9.17, 15) is 8.78 Å². The summed E-state index contributed by atoms with van der Waals surface area (Å²) in [4.78, 5) is 8.44. The second-order valence-corrected chi connectivity index (χ2v) is 5.65. The molecule has 0 N–H and O–H groups in total. The monoisotopic (exact) mass is 322 g/mol. The van der Waals surface area contributed by atoms with Crippen LogP contribution >= 0.6 is 20.8 Å². The number of hydrogen-bond donors (Lipinski definition) is 0. The molecule has 1 aromatic carbocycles. The zero-order chi connectivity index (χ0) is 15.0. The molecule has 0 aliphatic carbocycles. The number of pyridine rings is 2. The van der Waals surface area contributed by atoms with Crippen LogP contribution in [-0.2, 0) is 5.66 Å². The molecule has 21 heavy (non-hydrogen) atoms. The number of aromatic nitrogens is 2. The van der Waals surface area contributed by atoms with Crippen molar-refractivity contribution in [1.82, 2.24) is 9.97 Å². The van der Waals surface area contributed by atoms with Gasteiger partial charge in [0.15, 0.2) is 0 Å². The number of alkyl halides is 2. The van der Waals surface area contributed by atoms with Crippen molar-refractivity contribution >= 4 is 31.7 Å². The molecule has 1 unspecified atom stereocenters. The lowest BCUT2D eigenvalue weighted by molar-refractivity contribution is 0.104. The molecule has 0 bridgehead atoms. The Bertz CT molecular complexity index is 801. The van der Waals surface area contributed by atoms with Crippen molar-refractivity contribution < 1.29 is 8.78 Å². The summed E-state index contributed by atoms with van der Waals surface area (Å²) in [5, 5.41) is 1.10. The molecule has 2 heterocycles. The average Bonchev–Trinajstić information content (AvgIpc) is 2.47. The molecule has 0 aliphatic rings. The zero-order valence-corrected chi connectivity index (χ0v) is 12.6. The highest BCUT2D eigenvalue weighted by Gasteiger charge is 2.24. The average molecular weight is 323 g/mol. The van der Waals surface area contributed by atoms with Crippen LogP contribution in [0.25, 0.3) is 22.0 Å². The summed E-state index contributed by atoms with van der Waals surface area (Å²) in [6.07, 6.45) is 3.26. The smallest absolute Gasteiger partial charge is 0.255 e. The Labute approximate surface area is 127 Å². The molecule has 2 nitrogen and oxygen atoms in total. The van der Waals surface area contributed by atoms with Crippen LogP contribution in [0, 0.1) is 0 Å². The third kappa shape index (κ3) is 2.74. The van der Waals surface area contributed by atoms with Gasteiger partial charge in [-0.2, -0.15) is 8.78 Å². The summed E-state index contributed by atoms with van der Waals surface area (Å²) in [5.74, 6) is 0. The summed E-state index contributed by atoms with van der Waals surface area (Å²) < 4.78 is 26.4. The Balaban J connectivity index is 2.15. The minimum Gasteiger partial charge on any atom is -0.255 e. The van der Waals surface area contributed by atoms with E-state index in [-0.39, 0.29) is 5.56 Å². The summed E-state index contributed by atoms with van der Waals surface area (Å²) in [5.41, 5.74) is -0.773. The SMILES string of the molecule is FC(F)(P)c1ccc(-c2cnc(Cl)c3cccnc23)cc1. The zero-order valence-electron chi connectivity index (χ0n) is 10.7. The van der Waals surface area contributed by atoms with Crippen molar-refractivity contribution in [2.45, 2.75) is 5.66 Å². The fourth-order valence-corrected chi connectivity index (χ4v) is 2.52. The van der Waals surface area contributed by atoms with E-state index in [2.05, 4.69) is 9.97 Å². The molecular weight excluding hydrogens is 313 g/mol. The molecule has 0 fully saturated rings. The lowest BCUT2D eigenvalue weighted by Crippen LogP contribution is -2.01. The van der Waals surface area contributed by atoms with Gasteiger partial charge in [-0.15, -0.1) is 0 Å². The number of halogens is 3. The van der Waals surface area contributed by atoms with E-state index >= 15 is 0 Å². The molecule has 0 spiro atoms. The van der Waals surface area contributed by atoms with Gasteiger partial charge in [0.25, 0.3) is 5.66 Å². The molecule has 106 valence electrons. The van der Waals surface area contributed by atoms with E-state index < -0.39 is 5.66 Å². The minimum atomic E-state index is -2.93. The largest absolute Gasteiger partial charge is 0.283 e. The van der Waals surface area contributed by atoms with Crippen LogP contribution in [0.5, 0.6) is 0 Å². The lowest BCUT2D eigenvalue weighted by Gasteiger charge is -2.11. The maximum atomic E-state index is 13.2. The highest BCUT2D eigenvalue weighted by atomic mass is 35.5. The fourth-order valence-electron chi connectivity index (χ4n) is 2.12. The van der Waals surface area contributed by atoms with Crippen LogP contribution in [0.4, 0.5) is 8.78 Å². The normalized spacial score (nSPS) is 11.8. The van der Waals surface area contributed by atoms with Gasteiger partial charge in [0.2, 0.25) is 0 Å². The van der Waals surface area contributed by atoms with Crippen molar-refractivity contribution in [2.24, 2.45) is 0 Å². The van der Waals surface area contributed by atoms with Crippen LogP contribution in [0.3, 0.4) is 0 Å². The second kappa shape index (κ2) is 5.28. The van der Waals surface area contributed by atoms with Gasteiger partial charge >= 0.3 is 0 Å². The lowest BCUT2D eigenvalue weighted by atomic mass is 10.0. The predicted octanol–water partition coefficient (Wildman–Crippen LogP) is 4.87. The van der Waals surface area contributed by atoms with Gasteiger partial charge in [-0.3, -0.25) is 4.98 Å². The van der Waals surface area contributed by atoms with E-state index in [0.29, 0.717) is 10.7 Å². The summed E-state index contributed by atoms with van der Waals surface area (Å²) in [7, 11) is 1.53. The molecule has 1 atom stereocenters. The molecule has 6 heteroatoms. The molecule has 0 aliphatic heterocycles. The summed E-state index contributed by atoms with van der Waals surface area (Å²) >= 11 is 6.05. The van der Waals surface area contributed by atoms with Gasteiger partial charge in [-0.05, 0) is 17.7 Å². The molecule has 3 aromatic rings. The van der Waals surface area contributed by atoms with Crippen molar-refractivity contribution in [2.75, 3.05) is 0 Å². The molecule has 3 rings (SSSR count). The van der Waals surface area contributed by atoms with Gasteiger partial charge in [0.05, 0.1) is 5.52 Å². The summed E-state index contributed by atoms with van der Waals surface area (Å²) in [6.45, 7) is 0. The van der Waals surface area contributed by atoms with E-state index in [4.69, 9.17) is 11.6 Å². The molecule has 0 saturated carbocycles. The Kier molecular flexibility index (Phi) is 3.60. The summed E-state index contributed by atoms with van der Waals surface area (Å²) in [6, 6.07) is 9.65. The quantitative estimate of drug-likeness (QED) is 0.496. The Morgan fingerprint density at radius 1 is 1.05 bits per heavy atom. The fraction of sp³-hybridized carbons (Fsp3) is 0.0667. The molecule has 0 amide bonds. The van der Waals surface area contributed by atoms with Crippen LogP contribution < -0.4 is 0 Å². The van der Waals surface area contributed by atoms with Crippen molar-refractivity contribution in [3.8, 4) is 11.1 Å². The molecule has 2 aromatic heterocycles. The maximum Gasteiger partial charge on any atom is 0.283 e. The van der Waals surface area contributed by atoms with Gasteiger partial charge in [0.1, 0.15) is 5.15 Å². The molecule has 0 radical (unpaired) electrons. The van der Waals surface area contributed by atoms with Crippen molar-refractivity contribution in [3.63, 3.8) is 0 Å². The third-order valence-corrected chi connectivity index (χ3v) is 3.81. The number of rotatable bonds is 2. The van der Waals surface area contributed by atoms with E-state index in [0.717, 1.165) is 16.5 Å². The van der Waals surface area contributed by atoms with Gasteiger partial charge in [0, 0.05) is 28.9 Å². The van der Waals surface area contributed by atoms with Gasteiger partial charge in [-0.25, -0.2) is 4.98 Å². The first-order valence-corrected chi connectivity index (χ1v) is 7.09. The van der Waals surface area contributed by atoms with Crippen LogP contribution in [0.15, 0.2) is 48.8 Å². The number of hydrogen-bond acceptors (Lipinski definition) is 2. The Morgan fingerprint density at radius 3 is 2.43 bits per heavy atom. The topological polar surface area (TPSA) is 25.8 Å². The van der Waals surface area contributed by atoms with Gasteiger partial charge in [-0.1, -0.05) is 45.1 Å². The van der Waals surface area contributed by atoms with Crippen LogP contribution in [0.1, 0.15) is 5.56 Å². The number of benzene rings is 1. The Hall–Kier alpha value is -1.64. The van der Waals surface area contributed by atoms with Gasteiger partial charge < -0.3 is 0 Å². The highest BCUT2D eigenvalue weighted by Crippen LogP contribution is 2.36. The third-order valence-electron chi connectivity index (χ3n) is 3.17. The minimum absolute atomic E-state index is 0.0598. The standard InChI is InChI=1S/C15H10ClF2N2P/c16-14-11-2-1-7-19-13(11)12(8-20-14)9-3-5-10(6-4-9)15(17,18)21/h1-8H,21H2. The van der Waals surface area contributed by atoms with E-state index in [1.807, 2.05) is 6.07 Å². The first kappa shape index (κ1) is 14.3. The van der Waals surface area contributed by atoms with Crippen LogP contribution in [0.2, 0.25) is 5.15 Å². The van der Waals surface area contributed by atoms with Crippen molar-refractivity contribution in [1.29, 1.82) is 0 Å². The van der Waals surface area contributed by atoms with Crippen LogP contribution in [-0.4, -0.2) is 9.97 Å². The van der Waals surface area contributed by atoms with E-state index in [1.165, 1.54) is 21.4 Å². The maximum absolute atomic E-state index is 13.2. The van der Waals surface area contributed by atoms with Crippen molar-refractivity contribution in [3.05, 3.63) is 59.5 Å².